The molecule has 0 saturated carbocycles. The molecule has 10 rings (SSSR count). The fourth-order valence-electron chi connectivity index (χ4n) is 12.5. The maximum Gasteiger partial charge on any atom is 1.00 e. The maximum atomic E-state index is 12.0. The van der Waals surface area contributed by atoms with Gasteiger partial charge in [-0.2, -0.15) is 0 Å². The van der Waals surface area contributed by atoms with Gasteiger partial charge < -0.3 is 64.3 Å². The van der Waals surface area contributed by atoms with Crippen LogP contribution in [0.2, 0.25) is 0 Å². The summed E-state index contributed by atoms with van der Waals surface area (Å²) >= 11 is 0. The molecule has 89 heavy (non-hydrogen) atoms. The molecule has 0 spiro atoms. The number of rotatable bonds is 18. The molecule has 4 aliphatic rings. The van der Waals surface area contributed by atoms with Gasteiger partial charge in [-0.1, -0.05) is 25.3 Å². The molecule has 21 heteroatoms. The number of carbonyl (C=O) groups excluding carboxylic acids is 4. The molecule has 10 heterocycles. The number of aromatic amines is 4. The molecule has 2 atom stereocenters. The van der Waals surface area contributed by atoms with Crippen molar-refractivity contribution >= 4 is 125 Å². The monoisotopic (exact) mass is 1290 g/mol. The van der Waals surface area contributed by atoms with Gasteiger partial charge in [0.1, 0.15) is 0 Å². The number of carboxylic acid groups (broad SMARTS) is 4. The van der Waals surface area contributed by atoms with E-state index in [0.717, 1.165) is 117 Å². The predicted octanol–water partition coefficient (Wildman–Crippen LogP) is -1.84. The summed E-state index contributed by atoms with van der Waals surface area (Å²) in [6.07, 6.45) is 2.12. The fourth-order valence-corrected chi connectivity index (χ4v) is 12.5. The maximum absolute atomic E-state index is 12.0. The average molecular weight is 1300 g/mol. The molecular weight excluding hydrogens is 1230 g/mol. The van der Waals surface area contributed by atoms with E-state index in [4.69, 9.17) is 24.7 Å². The molecule has 0 amide bonds. The van der Waals surface area contributed by atoms with E-state index in [1.54, 1.807) is 6.08 Å². The van der Waals surface area contributed by atoms with Crippen LogP contribution in [0.1, 0.15) is 195 Å². The molecule has 0 radical (unpaired) electrons. The van der Waals surface area contributed by atoms with Crippen molar-refractivity contribution in [3.63, 3.8) is 0 Å². The Morgan fingerprint density at radius 3 is 0.966 bits per heavy atom. The number of aryl methyl sites for hydroxylation is 4. The summed E-state index contributed by atoms with van der Waals surface area (Å²) in [6, 6.07) is 15.5. The minimum Gasteiger partial charge on any atom is -0.550 e. The van der Waals surface area contributed by atoms with Crippen molar-refractivity contribution in [2.45, 2.75) is 133 Å². The van der Waals surface area contributed by atoms with Gasteiger partial charge in [-0.25, -0.2) is 19.9 Å². The second-order valence-electron chi connectivity index (χ2n) is 22.4. The molecule has 0 saturated heterocycles. The van der Waals surface area contributed by atoms with Crippen molar-refractivity contribution in [1.82, 2.24) is 39.9 Å². The Kier molecular flexibility index (Phi) is 26.6. The number of aromatic nitrogens is 8. The Hall–Kier alpha value is -2.93. The zero-order valence-corrected chi connectivity index (χ0v) is 66.0. The SMILES string of the molecule is C=Cc1c(C)c2cc3[nH]c(cc4nc(cc5nc(cc1[nH]2)C(C)=C5CCC(=O)[O-])C(CCC(=O)[O-])=C4C)c(C)c3C(C)OC(C)c1c(C)c2cc3[nH]c(cc4nc(cc5nc(cc1[nH]2)C(C)=C5CCC(=O)[O-])C(CCC(=O)[O-])=C4C)c(C)c3C=C.[K+].[K+].[K+].[K+]. The molecule has 6 aromatic rings. The second kappa shape index (κ2) is 31.5. The molecule has 4 N–H and O–H groups in total. The number of nitrogens with one attached hydrogen (secondary N) is 4. The minimum atomic E-state index is -1.21. The first-order chi connectivity index (χ1) is 40.4. The van der Waals surface area contributed by atoms with Gasteiger partial charge in [0.15, 0.2) is 0 Å². The summed E-state index contributed by atoms with van der Waals surface area (Å²) in [6.45, 7) is 28.1. The largest absolute Gasteiger partial charge is 1.00 e. The molecule has 6 aromatic heterocycles. The van der Waals surface area contributed by atoms with Gasteiger partial charge in [-0.3, -0.25) is 0 Å². The van der Waals surface area contributed by atoms with Crippen LogP contribution < -0.4 is 226 Å². The van der Waals surface area contributed by atoms with E-state index < -0.39 is 36.1 Å². The van der Waals surface area contributed by atoms with Crippen LogP contribution in [0.25, 0.3) is 101 Å². The first-order valence-corrected chi connectivity index (χ1v) is 28.5. The van der Waals surface area contributed by atoms with Crippen molar-refractivity contribution in [1.29, 1.82) is 0 Å². The van der Waals surface area contributed by atoms with Crippen LogP contribution in [0.5, 0.6) is 0 Å². The fraction of sp³-hybridized carbons (Fsp3) is 0.294. The number of hydrogen-bond acceptors (Lipinski definition) is 13. The Bertz CT molecular complexity index is 4440. The Morgan fingerprint density at radius 1 is 0.393 bits per heavy atom. The van der Waals surface area contributed by atoms with Gasteiger partial charge in [0.05, 0.1) is 57.8 Å². The third-order valence-electron chi connectivity index (χ3n) is 17.2. The van der Waals surface area contributed by atoms with Crippen molar-refractivity contribution in [2.75, 3.05) is 0 Å². The number of hydrogen-bond donors (Lipinski definition) is 4. The van der Waals surface area contributed by atoms with Crippen molar-refractivity contribution in [3.05, 3.63) is 152 Å². The first kappa shape index (κ1) is 75.1. The molecule has 16 bridgehead atoms. The number of carbonyl (C=O) groups is 4. The predicted molar refractivity (Wildman–Crippen MR) is 326 cm³/mol. The van der Waals surface area contributed by atoms with Crippen LogP contribution in [0.15, 0.2) is 61.7 Å². The topological polar surface area (TPSA) is 284 Å². The van der Waals surface area contributed by atoms with E-state index in [9.17, 15) is 39.6 Å². The third kappa shape index (κ3) is 15.7. The molecule has 0 fully saturated rings. The van der Waals surface area contributed by atoms with Crippen LogP contribution in [0, 0.1) is 27.7 Å². The zero-order chi connectivity index (χ0) is 61.0. The quantitative estimate of drug-likeness (QED) is 0.0690. The number of fused-ring (bicyclic) bond motifs is 16. The third-order valence-corrected chi connectivity index (χ3v) is 17.2. The molecule has 4 aliphatic heterocycles. The van der Waals surface area contributed by atoms with Gasteiger partial charge in [0.25, 0.3) is 0 Å². The summed E-state index contributed by atoms with van der Waals surface area (Å²) < 4.78 is 7.27. The number of aliphatic carboxylic acids is 4. The zero-order valence-electron chi connectivity index (χ0n) is 53.5. The summed E-state index contributed by atoms with van der Waals surface area (Å²) in [7, 11) is 0. The number of ether oxygens (including phenoxy) is 1. The van der Waals surface area contributed by atoms with Crippen molar-refractivity contribution < 1.29 is 250 Å². The van der Waals surface area contributed by atoms with E-state index in [-0.39, 0.29) is 257 Å². The van der Waals surface area contributed by atoms with Crippen molar-refractivity contribution in [2.24, 2.45) is 0 Å². The molecule has 436 valence electrons. The summed E-state index contributed by atoms with van der Waals surface area (Å²) in [5.41, 5.74) is 23.7. The molecule has 0 aromatic carbocycles. The van der Waals surface area contributed by atoms with Crippen LogP contribution in [0.4, 0.5) is 0 Å². The minimum absolute atomic E-state index is 0. The smallest absolute Gasteiger partial charge is 0.550 e. The molecular formula is C68H66K4N8O9. The van der Waals surface area contributed by atoms with Crippen LogP contribution >= 0.6 is 0 Å². The number of H-pyrrole nitrogens is 4. The van der Waals surface area contributed by atoms with Gasteiger partial charge in [0.2, 0.25) is 0 Å². The Labute approximate surface area is 687 Å². The van der Waals surface area contributed by atoms with Crippen LogP contribution in [-0.2, 0) is 23.9 Å². The first-order valence-electron chi connectivity index (χ1n) is 28.5. The summed E-state index contributed by atoms with van der Waals surface area (Å²) in [4.78, 5) is 82.7. The van der Waals surface area contributed by atoms with E-state index in [0.29, 0.717) is 62.2 Å². The number of carboxylic acids is 4. The molecule has 0 aliphatic carbocycles. The van der Waals surface area contributed by atoms with E-state index in [2.05, 4.69) is 39.2 Å². The van der Waals surface area contributed by atoms with Gasteiger partial charge >= 0.3 is 206 Å². The van der Waals surface area contributed by atoms with Crippen molar-refractivity contribution in [3.8, 4) is 0 Å². The number of allylic oxidation sites excluding steroid dienone is 8. The van der Waals surface area contributed by atoms with Gasteiger partial charge in [-0.15, -0.1) is 0 Å². The molecule has 2 unspecified atom stereocenters. The van der Waals surface area contributed by atoms with Gasteiger partial charge in [0, 0.05) is 90.3 Å². The average Bonchev–Trinajstić information content (AvgIpc) is 1.74. The molecule has 17 nitrogen and oxygen atoms in total. The van der Waals surface area contributed by atoms with Crippen LogP contribution in [0.3, 0.4) is 0 Å². The number of nitrogens with zero attached hydrogens (tertiary/aromatic N) is 4. The van der Waals surface area contributed by atoms with E-state index in [1.165, 1.54) is 0 Å². The van der Waals surface area contributed by atoms with E-state index in [1.807, 2.05) is 118 Å². The standard InChI is InChI=1S/C68H70N8O9.4K/c1-13-41-31(3)47-23-48-33(5)43(15-19-63(77)78)57(71-48)30-60-46(18-22-66(83)84)36(8)52(74-60)28-62-68(38(10)54(76-62)26-56(41)69-47)40(12)85-39(11)67-37(9)53-24-49-34(6)44(16-20-64(79)80)58(72-49)29-59-45(17-21-65(81)82)35(7)50(73-59)25-55-42(14-2)32(4)51(70-55)27-61(67)75-53;;;;/h13-14,23-30,39-40,69-70,75-76H,1-2,15-22H2,3-12H3,(H,77,78)(H,79,80)(H,81,82)(H,83,84);;;;/q;4*+1/p-4. The second-order valence-corrected chi connectivity index (χ2v) is 22.4. The Balaban J connectivity index is 0.00000316. The van der Waals surface area contributed by atoms with E-state index >= 15 is 0 Å². The van der Waals surface area contributed by atoms with Crippen LogP contribution in [-0.4, -0.2) is 63.7 Å². The summed E-state index contributed by atoms with van der Waals surface area (Å²) in [5.74, 6) is -4.79. The van der Waals surface area contributed by atoms with Gasteiger partial charge in [-0.05, 0) is 236 Å². The summed E-state index contributed by atoms with van der Waals surface area (Å²) in [5, 5.41) is 47.6. The Morgan fingerprint density at radius 2 is 0.640 bits per heavy atom. The normalized spacial score (nSPS) is 13.5.